The summed E-state index contributed by atoms with van der Waals surface area (Å²) in [7, 11) is 2.21. The molecule has 3 unspecified atom stereocenters. The first kappa shape index (κ1) is 14.1. The van der Waals surface area contributed by atoms with E-state index in [2.05, 4.69) is 54.3 Å². The van der Waals surface area contributed by atoms with Crippen molar-refractivity contribution < 1.29 is 4.42 Å². The van der Waals surface area contributed by atoms with Crippen molar-refractivity contribution >= 4 is 5.69 Å². The second-order valence-electron chi connectivity index (χ2n) is 6.20. The predicted octanol–water partition coefficient (Wildman–Crippen LogP) is 3.48. The summed E-state index contributed by atoms with van der Waals surface area (Å²) in [4.78, 5) is 6.42. The van der Waals surface area contributed by atoms with Gasteiger partial charge >= 0.3 is 0 Å². The molecule has 21 heavy (non-hydrogen) atoms. The number of anilines is 1. The number of nitrogens with zero attached hydrogens (tertiary/aromatic N) is 2. The van der Waals surface area contributed by atoms with Crippen LogP contribution in [0.4, 0.5) is 5.69 Å². The van der Waals surface area contributed by atoms with Crippen LogP contribution in [0.5, 0.6) is 0 Å². The van der Waals surface area contributed by atoms with Crippen molar-refractivity contribution in [2.24, 2.45) is 5.92 Å². The van der Waals surface area contributed by atoms with Gasteiger partial charge in [0.2, 0.25) is 0 Å². The van der Waals surface area contributed by atoms with E-state index in [1.54, 1.807) is 6.20 Å². The number of oxazole rings is 1. The predicted molar refractivity (Wildman–Crippen MR) is 85.2 cm³/mol. The van der Waals surface area contributed by atoms with Crippen molar-refractivity contribution in [3.63, 3.8) is 0 Å². The van der Waals surface area contributed by atoms with E-state index < -0.39 is 0 Å². The van der Waals surface area contributed by atoms with Gasteiger partial charge in [0, 0.05) is 29.9 Å². The molecule has 0 saturated carbocycles. The molecule has 1 aromatic heterocycles. The molecule has 112 valence electrons. The van der Waals surface area contributed by atoms with E-state index in [9.17, 15) is 0 Å². The Balaban J connectivity index is 1.74. The smallest absolute Gasteiger partial charge is 0.181 e. The number of hydrogen-bond donors (Lipinski definition) is 1. The minimum absolute atomic E-state index is 0.515. The van der Waals surface area contributed by atoms with Crippen LogP contribution in [0.15, 0.2) is 41.3 Å². The highest BCUT2D eigenvalue weighted by Gasteiger charge is 2.28. The Morgan fingerprint density at radius 1 is 1.33 bits per heavy atom. The lowest BCUT2D eigenvalue weighted by atomic mass is 9.89. The Hall–Kier alpha value is -1.81. The summed E-state index contributed by atoms with van der Waals surface area (Å²) in [6, 6.07) is 9.50. The summed E-state index contributed by atoms with van der Waals surface area (Å²) in [6.45, 7) is 5.76. The highest BCUT2D eigenvalue weighted by atomic mass is 16.3. The summed E-state index contributed by atoms with van der Waals surface area (Å²) >= 11 is 0. The molecule has 0 bridgehead atoms. The van der Waals surface area contributed by atoms with Crippen LogP contribution in [0.25, 0.3) is 11.3 Å². The fourth-order valence-corrected chi connectivity index (χ4v) is 3.08. The van der Waals surface area contributed by atoms with Gasteiger partial charge in [-0.2, -0.15) is 0 Å². The van der Waals surface area contributed by atoms with Gasteiger partial charge in [-0.15, -0.1) is 0 Å². The summed E-state index contributed by atoms with van der Waals surface area (Å²) < 4.78 is 5.37. The molecule has 0 amide bonds. The van der Waals surface area contributed by atoms with Crippen LogP contribution < -0.4 is 5.32 Å². The highest BCUT2D eigenvalue weighted by Crippen LogP contribution is 2.27. The lowest BCUT2D eigenvalue weighted by molar-refractivity contribution is 0.145. The van der Waals surface area contributed by atoms with Crippen LogP contribution in [-0.4, -0.2) is 35.6 Å². The summed E-state index contributed by atoms with van der Waals surface area (Å²) in [5, 5.41) is 3.70. The van der Waals surface area contributed by atoms with Crippen LogP contribution in [0.1, 0.15) is 20.3 Å². The largest absolute Gasteiger partial charge is 0.444 e. The molecular weight excluding hydrogens is 262 g/mol. The summed E-state index contributed by atoms with van der Waals surface area (Å²) in [6.07, 6.45) is 4.39. The number of likely N-dealkylation sites (tertiary alicyclic amines) is 1. The number of hydrogen-bond acceptors (Lipinski definition) is 4. The second kappa shape index (κ2) is 5.90. The average molecular weight is 285 g/mol. The minimum atomic E-state index is 0.515. The van der Waals surface area contributed by atoms with Gasteiger partial charge in [0.05, 0.1) is 6.20 Å². The maximum absolute atomic E-state index is 5.37. The number of rotatable bonds is 3. The first-order valence-corrected chi connectivity index (χ1v) is 7.59. The van der Waals surface area contributed by atoms with Gasteiger partial charge in [0.25, 0.3) is 0 Å². The van der Waals surface area contributed by atoms with E-state index in [4.69, 9.17) is 4.42 Å². The van der Waals surface area contributed by atoms with E-state index in [0.29, 0.717) is 18.0 Å². The van der Waals surface area contributed by atoms with Crippen molar-refractivity contribution in [3.8, 4) is 11.3 Å². The van der Waals surface area contributed by atoms with Gasteiger partial charge < -0.3 is 14.6 Å². The molecule has 0 spiro atoms. The maximum atomic E-state index is 5.37. The van der Waals surface area contributed by atoms with Gasteiger partial charge in [-0.1, -0.05) is 19.1 Å². The molecule has 4 nitrogen and oxygen atoms in total. The monoisotopic (exact) mass is 285 g/mol. The van der Waals surface area contributed by atoms with Crippen LogP contribution in [0, 0.1) is 5.92 Å². The third-order valence-electron chi connectivity index (χ3n) is 4.54. The molecule has 3 rings (SSSR count). The third-order valence-corrected chi connectivity index (χ3v) is 4.54. The molecule has 0 aliphatic carbocycles. The first-order chi connectivity index (χ1) is 10.1. The quantitative estimate of drug-likeness (QED) is 0.937. The van der Waals surface area contributed by atoms with Crippen LogP contribution in [0.3, 0.4) is 0 Å². The normalized spacial score (nSPS) is 26.7. The Bertz CT molecular complexity index is 581. The van der Waals surface area contributed by atoms with Crippen molar-refractivity contribution in [1.82, 2.24) is 9.88 Å². The third kappa shape index (κ3) is 3.10. The standard InChI is InChI=1S/C17H23N3O/c1-12-10-20(3)13(2)7-16(12)19-15-6-4-5-14(8-15)17-9-18-11-21-17/h4-6,8-9,11-13,16,19H,7,10H2,1-3H3. The van der Waals surface area contributed by atoms with Crippen LogP contribution in [0.2, 0.25) is 0 Å². The van der Waals surface area contributed by atoms with E-state index in [-0.39, 0.29) is 0 Å². The van der Waals surface area contributed by atoms with Gasteiger partial charge in [-0.05, 0) is 38.4 Å². The molecule has 1 saturated heterocycles. The van der Waals surface area contributed by atoms with Crippen molar-refractivity contribution in [1.29, 1.82) is 0 Å². The first-order valence-electron chi connectivity index (χ1n) is 7.59. The molecule has 1 N–H and O–H groups in total. The van der Waals surface area contributed by atoms with Crippen molar-refractivity contribution in [2.75, 3.05) is 18.9 Å². The SMILES string of the molecule is CC1CN(C)C(C)CC1Nc1cccc(-c2cnco2)c1. The zero-order valence-electron chi connectivity index (χ0n) is 12.9. The van der Waals surface area contributed by atoms with Crippen LogP contribution >= 0.6 is 0 Å². The molecule has 3 atom stereocenters. The van der Waals surface area contributed by atoms with Gasteiger partial charge in [-0.3, -0.25) is 0 Å². The Labute approximate surface area is 126 Å². The zero-order valence-corrected chi connectivity index (χ0v) is 12.9. The summed E-state index contributed by atoms with van der Waals surface area (Å²) in [5.74, 6) is 1.45. The highest BCUT2D eigenvalue weighted by molar-refractivity contribution is 5.63. The van der Waals surface area contributed by atoms with Crippen LogP contribution in [-0.2, 0) is 0 Å². The van der Waals surface area contributed by atoms with E-state index in [0.717, 1.165) is 23.6 Å². The Morgan fingerprint density at radius 2 is 2.19 bits per heavy atom. The molecular formula is C17H23N3O. The zero-order chi connectivity index (χ0) is 14.8. The number of nitrogens with one attached hydrogen (secondary N) is 1. The van der Waals surface area contributed by atoms with Gasteiger partial charge in [-0.25, -0.2) is 4.98 Å². The molecule has 0 radical (unpaired) electrons. The molecule has 1 aliphatic heterocycles. The fourth-order valence-electron chi connectivity index (χ4n) is 3.08. The van der Waals surface area contributed by atoms with Crippen molar-refractivity contribution in [2.45, 2.75) is 32.4 Å². The van der Waals surface area contributed by atoms with E-state index in [1.807, 2.05) is 6.07 Å². The molecule has 2 heterocycles. The van der Waals surface area contributed by atoms with E-state index in [1.165, 1.54) is 12.8 Å². The topological polar surface area (TPSA) is 41.3 Å². The van der Waals surface area contributed by atoms with Gasteiger partial charge in [0.1, 0.15) is 0 Å². The fraction of sp³-hybridized carbons (Fsp3) is 0.471. The second-order valence-corrected chi connectivity index (χ2v) is 6.20. The average Bonchev–Trinajstić information content (AvgIpc) is 2.99. The number of piperidine rings is 1. The lowest BCUT2D eigenvalue weighted by Crippen LogP contribution is -2.48. The minimum Gasteiger partial charge on any atom is -0.444 e. The number of aromatic nitrogens is 1. The molecule has 4 heteroatoms. The summed E-state index contributed by atoms with van der Waals surface area (Å²) in [5.41, 5.74) is 2.21. The molecule has 1 fully saturated rings. The number of benzene rings is 1. The Kier molecular flexibility index (Phi) is 3.97. The maximum Gasteiger partial charge on any atom is 0.181 e. The van der Waals surface area contributed by atoms with Crippen molar-refractivity contribution in [3.05, 3.63) is 36.9 Å². The van der Waals surface area contributed by atoms with E-state index >= 15 is 0 Å². The molecule has 1 aliphatic rings. The molecule has 1 aromatic carbocycles. The molecule has 2 aromatic rings. The Morgan fingerprint density at radius 3 is 2.95 bits per heavy atom. The van der Waals surface area contributed by atoms with Gasteiger partial charge in [0.15, 0.2) is 12.2 Å². The lowest BCUT2D eigenvalue weighted by Gasteiger charge is -2.40.